The Morgan fingerprint density at radius 1 is 1.29 bits per heavy atom. The minimum absolute atomic E-state index is 0.0446. The van der Waals surface area contributed by atoms with Crippen LogP contribution in [0.15, 0.2) is 35.3 Å². The summed E-state index contributed by atoms with van der Waals surface area (Å²) < 4.78 is 41.5. The van der Waals surface area contributed by atoms with Gasteiger partial charge in [-0.05, 0) is 12.5 Å². The van der Waals surface area contributed by atoms with Gasteiger partial charge in [0.2, 0.25) is 5.91 Å². The summed E-state index contributed by atoms with van der Waals surface area (Å²) in [5.41, 5.74) is 0.998. The molecule has 0 radical (unpaired) electrons. The number of benzene rings is 1. The van der Waals surface area contributed by atoms with E-state index in [1.54, 1.807) is 6.92 Å². The first kappa shape index (κ1) is 18.5. The molecule has 146 valence electrons. The molecule has 0 unspecified atom stereocenters. The standard InChI is InChI=1S/C20H19F3N4O/c1-11(12-5-3-2-4-6-12)26-16(28)9-15-18(20(21,22)23)13-10-25-19-17(13)14(27-15)7-8-24-19/h2-6,11H,7-10H2,1H3,(H,24,25)(H,26,28)/t11-/m1/s1. The molecule has 0 aliphatic carbocycles. The van der Waals surface area contributed by atoms with Crippen molar-refractivity contribution in [3.63, 3.8) is 0 Å². The summed E-state index contributed by atoms with van der Waals surface area (Å²) in [5, 5.41) is 5.79. The molecule has 0 spiro atoms. The number of carbonyl (C=O) groups excluding carboxylic acids is 1. The lowest BCUT2D eigenvalue weighted by atomic mass is 9.94. The Bertz CT molecular complexity index is 954. The van der Waals surface area contributed by atoms with Crippen LogP contribution in [0.5, 0.6) is 0 Å². The highest BCUT2D eigenvalue weighted by atomic mass is 19.4. The van der Waals surface area contributed by atoms with Crippen molar-refractivity contribution < 1.29 is 18.0 Å². The number of alkyl halides is 3. The fourth-order valence-corrected chi connectivity index (χ4v) is 3.78. The highest BCUT2D eigenvalue weighted by Crippen LogP contribution is 2.39. The van der Waals surface area contributed by atoms with Crippen LogP contribution in [0.3, 0.4) is 0 Å². The molecule has 2 N–H and O–H groups in total. The number of amides is 1. The normalized spacial score (nSPS) is 16.1. The van der Waals surface area contributed by atoms with Crippen molar-refractivity contribution in [2.75, 3.05) is 6.54 Å². The zero-order valence-corrected chi connectivity index (χ0v) is 15.2. The van der Waals surface area contributed by atoms with Crippen LogP contribution in [0.25, 0.3) is 0 Å². The Kier molecular flexibility index (Phi) is 4.56. The number of carbonyl (C=O) groups is 1. The van der Waals surface area contributed by atoms with E-state index in [4.69, 9.17) is 0 Å². The molecule has 0 saturated carbocycles. The summed E-state index contributed by atoms with van der Waals surface area (Å²) in [6, 6.07) is 8.95. The van der Waals surface area contributed by atoms with E-state index in [0.29, 0.717) is 30.1 Å². The predicted molar refractivity (Wildman–Crippen MR) is 97.9 cm³/mol. The average Bonchev–Trinajstić information content (AvgIpc) is 3.06. The Labute approximate surface area is 160 Å². The van der Waals surface area contributed by atoms with Crippen LogP contribution in [0.4, 0.5) is 13.2 Å². The molecule has 0 fully saturated rings. The Balaban J connectivity index is 1.64. The van der Waals surface area contributed by atoms with Crippen molar-refractivity contribution in [2.24, 2.45) is 4.99 Å². The number of nitrogens with one attached hydrogen (secondary N) is 2. The van der Waals surface area contributed by atoms with Gasteiger partial charge in [-0.2, -0.15) is 13.2 Å². The monoisotopic (exact) mass is 388 g/mol. The minimum Gasteiger partial charge on any atom is -0.369 e. The van der Waals surface area contributed by atoms with E-state index in [1.807, 2.05) is 30.3 Å². The molecule has 2 aromatic rings. The zero-order chi connectivity index (χ0) is 19.9. The van der Waals surface area contributed by atoms with E-state index in [-0.39, 0.29) is 23.8 Å². The summed E-state index contributed by atoms with van der Waals surface area (Å²) in [7, 11) is 0. The second-order valence-corrected chi connectivity index (χ2v) is 6.95. The third-order valence-electron chi connectivity index (χ3n) is 5.03. The van der Waals surface area contributed by atoms with Gasteiger partial charge < -0.3 is 10.6 Å². The topological polar surface area (TPSA) is 66.4 Å². The molecule has 1 aromatic heterocycles. The van der Waals surface area contributed by atoms with Crippen LogP contribution >= 0.6 is 0 Å². The quantitative estimate of drug-likeness (QED) is 0.847. The second-order valence-electron chi connectivity index (χ2n) is 6.95. The maximum Gasteiger partial charge on any atom is 0.418 e. The van der Waals surface area contributed by atoms with Crippen molar-refractivity contribution in [3.05, 3.63) is 64.0 Å². The first-order valence-electron chi connectivity index (χ1n) is 9.09. The molecule has 2 aliphatic heterocycles. The molecular weight excluding hydrogens is 369 g/mol. The van der Waals surface area contributed by atoms with Crippen LogP contribution in [-0.4, -0.2) is 23.3 Å². The molecular formula is C20H19F3N4O. The minimum atomic E-state index is -4.60. The number of hydrogen-bond donors (Lipinski definition) is 2. The lowest BCUT2D eigenvalue weighted by molar-refractivity contribution is -0.139. The third-order valence-corrected chi connectivity index (χ3v) is 5.03. The van der Waals surface area contributed by atoms with Gasteiger partial charge in [0.1, 0.15) is 5.84 Å². The van der Waals surface area contributed by atoms with Crippen LogP contribution < -0.4 is 10.6 Å². The number of rotatable bonds is 4. The smallest absolute Gasteiger partial charge is 0.369 e. The molecule has 8 heteroatoms. The van der Waals surface area contributed by atoms with Crippen molar-refractivity contribution in [1.29, 1.82) is 0 Å². The molecule has 1 amide bonds. The molecule has 1 aromatic carbocycles. The van der Waals surface area contributed by atoms with Crippen LogP contribution in [-0.2, 0) is 30.4 Å². The van der Waals surface area contributed by atoms with Gasteiger partial charge in [-0.15, -0.1) is 0 Å². The van der Waals surface area contributed by atoms with Crippen LogP contribution in [0.2, 0.25) is 0 Å². The fourth-order valence-electron chi connectivity index (χ4n) is 3.78. The van der Waals surface area contributed by atoms with E-state index >= 15 is 0 Å². The van der Waals surface area contributed by atoms with Crippen molar-refractivity contribution >= 4 is 11.7 Å². The van der Waals surface area contributed by atoms with E-state index in [0.717, 1.165) is 5.56 Å². The van der Waals surface area contributed by atoms with Gasteiger partial charge in [-0.3, -0.25) is 14.8 Å². The Hall–Kier alpha value is -2.90. The molecule has 2 aliphatic rings. The van der Waals surface area contributed by atoms with Crippen molar-refractivity contribution in [2.45, 2.75) is 38.5 Å². The van der Waals surface area contributed by atoms with Gasteiger partial charge in [0, 0.05) is 24.1 Å². The first-order chi connectivity index (χ1) is 13.3. The molecule has 4 rings (SSSR count). The molecule has 0 saturated heterocycles. The molecule has 1 atom stereocenters. The highest BCUT2D eigenvalue weighted by molar-refractivity contribution is 6.04. The van der Waals surface area contributed by atoms with E-state index in [9.17, 15) is 18.0 Å². The summed E-state index contributed by atoms with van der Waals surface area (Å²) in [5.74, 6) is -0.0162. The van der Waals surface area contributed by atoms with Crippen LogP contribution in [0, 0.1) is 0 Å². The van der Waals surface area contributed by atoms with Gasteiger partial charge in [0.05, 0.1) is 36.0 Å². The number of aliphatic imine (C=N–C) groups is 1. The highest BCUT2D eigenvalue weighted by Gasteiger charge is 2.41. The van der Waals surface area contributed by atoms with Gasteiger partial charge in [-0.25, -0.2) is 0 Å². The Morgan fingerprint density at radius 2 is 2.04 bits per heavy atom. The van der Waals surface area contributed by atoms with Crippen molar-refractivity contribution in [1.82, 2.24) is 15.6 Å². The predicted octanol–water partition coefficient (Wildman–Crippen LogP) is 2.93. The number of pyridine rings is 1. The maximum absolute atomic E-state index is 13.8. The van der Waals surface area contributed by atoms with E-state index < -0.39 is 24.1 Å². The molecule has 5 nitrogen and oxygen atoms in total. The summed E-state index contributed by atoms with van der Waals surface area (Å²) in [6.07, 6.45) is -4.51. The number of aromatic nitrogens is 1. The lowest BCUT2D eigenvalue weighted by Crippen LogP contribution is -2.34. The third kappa shape index (κ3) is 3.34. The van der Waals surface area contributed by atoms with Gasteiger partial charge >= 0.3 is 6.18 Å². The number of hydrogen-bond acceptors (Lipinski definition) is 4. The second kappa shape index (κ2) is 6.92. The number of halogens is 3. The molecule has 3 heterocycles. The molecule has 0 bridgehead atoms. The lowest BCUT2D eigenvalue weighted by Gasteiger charge is -2.23. The van der Waals surface area contributed by atoms with Gasteiger partial charge in [0.25, 0.3) is 0 Å². The van der Waals surface area contributed by atoms with Gasteiger partial charge in [-0.1, -0.05) is 30.3 Å². The molecule has 28 heavy (non-hydrogen) atoms. The average molecular weight is 388 g/mol. The van der Waals surface area contributed by atoms with Crippen molar-refractivity contribution in [3.8, 4) is 0 Å². The summed E-state index contributed by atoms with van der Waals surface area (Å²) >= 11 is 0. The first-order valence-corrected chi connectivity index (χ1v) is 9.09. The van der Waals surface area contributed by atoms with Gasteiger partial charge in [0.15, 0.2) is 0 Å². The van der Waals surface area contributed by atoms with E-state index in [1.165, 1.54) is 0 Å². The summed E-state index contributed by atoms with van der Waals surface area (Å²) in [6.45, 7) is 2.32. The SMILES string of the molecule is C[C@@H](NC(=O)Cc1nc2c3c(c1C(F)(F)F)CN=C3NCC2)c1ccccc1. The largest absolute Gasteiger partial charge is 0.418 e. The maximum atomic E-state index is 13.8. The zero-order valence-electron chi connectivity index (χ0n) is 15.2. The number of nitrogens with zero attached hydrogens (tertiary/aromatic N) is 2. The van der Waals surface area contributed by atoms with E-state index in [2.05, 4.69) is 20.6 Å². The number of amidine groups is 1. The Morgan fingerprint density at radius 3 is 2.75 bits per heavy atom. The summed E-state index contributed by atoms with van der Waals surface area (Å²) in [4.78, 5) is 20.9. The van der Waals surface area contributed by atoms with Crippen LogP contribution in [0.1, 0.15) is 46.6 Å². The fraction of sp³-hybridized carbons (Fsp3) is 0.350.